The monoisotopic (exact) mass is 334 g/mol. The zero-order chi connectivity index (χ0) is 18.5. The molecule has 1 aliphatic carbocycles. The number of rotatable bonds is 0. The largest absolute Gasteiger partial charge is 0.0880 e. The van der Waals surface area contributed by atoms with Crippen LogP contribution in [0.5, 0.6) is 0 Å². The van der Waals surface area contributed by atoms with Crippen LogP contribution in [0.2, 0.25) is 0 Å². The molecule has 1 rings (SSSR count). The first-order chi connectivity index (χ1) is 10.8. The fourth-order valence-corrected chi connectivity index (χ4v) is 4.55. The minimum atomic E-state index is 0.408. The van der Waals surface area contributed by atoms with E-state index in [1.807, 2.05) is 0 Å². The molecule has 0 amide bonds. The van der Waals surface area contributed by atoms with Gasteiger partial charge in [-0.2, -0.15) is 0 Å². The highest BCUT2D eigenvalue weighted by Gasteiger charge is 2.30. The molecule has 0 unspecified atom stereocenters. The van der Waals surface area contributed by atoms with Crippen molar-refractivity contribution in [2.75, 3.05) is 0 Å². The summed E-state index contributed by atoms with van der Waals surface area (Å²) >= 11 is 0. The Morgan fingerprint density at radius 2 is 0.917 bits per heavy atom. The van der Waals surface area contributed by atoms with Crippen LogP contribution < -0.4 is 0 Å². The summed E-state index contributed by atoms with van der Waals surface area (Å²) in [7, 11) is 0. The first kappa shape index (κ1) is 21.8. The Morgan fingerprint density at radius 3 is 1.50 bits per heavy atom. The molecule has 0 atom stereocenters. The van der Waals surface area contributed by atoms with Gasteiger partial charge in [0, 0.05) is 0 Å². The molecule has 24 heavy (non-hydrogen) atoms. The van der Waals surface area contributed by atoms with Gasteiger partial charge in [0.15, 0.2) is 0 Å². The van der Waals surface area contributed by atoms with Crippen molar-refractivity contribution < 1.29 is 0 Å². The molecule has 142 valence electrons. The third kappa shape index (κ3) is 9.28. The molecule has 0 aromatic heterocycles. The fourth-order valence-electron chi connectivity index (χ4n) is 4.55. The minimum Gasteiger partial charge on any atom is -0.0880 e. The van der Waals surface area contributed by atoms with Gasteiger partial charge in [0.2, 0.25) is 0 Å². The van der Waals surface area contributed by atoms with Gasteiger partial charge in [-0.15, -0.1) is 0 Å². The summed E-state index contributed by atoms with van der Waals surface area (Å²) in [5, 5.41) is 0. The zero-order valence-electron chi connectivity index (χ0n) is 18.2. The molecule has 0 radical (unpaired) electrons. The van der Waals surface area contributed by atoms with E-state index < -0.39 is 0 Å². The molecular formula is C24H46. The minimum absolute atomic E-state index is 0.408. The van der Waals surface area contributed by atoms with E-state index in [0.29, 0.717) is 21.7 Å². The van der Waals surface area contributed by atoms with Gasteiger partial charge in [-0.05, 0) is 66.6 Å². The summed E-state index contributed by atoms with van der Waals surface area (Å²) in [6.07, 6.45) is 18.4. The van der Waals surface area contributed by atoms with Crippen LogP contribution in [0, 0.1) is 21.7 Å². The third-order valence-electron chi connectivity index (χ3n) is 6.15. The average molecular weight is 335 g/mol. The predicted octanol–water partition coefficient (Wildman–Crippen LogP) is 8.56. The van der Waals surface area contributed by atoms with E-state index >= 15 is 0 Å². The second kappa shape index (κ2) is 8.41. The van der Waals surface area contributed by atoms with E-state index in [2.05, 4.69) is 67.5 Å². The zero-order valence-corrected chi connectivity index (χ0v) is 18.2. The second-order valence-electron chi connectivity index (χ2n) is 11.8. The first-order valence-corrected chi connectivity index (χ1v) is 10.5. The smallest absolute Gasteiger partial charge is 0.0299 e. The average Bonchev–Trinajstić information content (AvgIpc) is 2.39. The number of hydrogen-bond donors (Lipinski definition) is 0. The molecule has 0 aliphatic heterocycles. The maximum Gasteiger partial charge on any atom is -0.0299 e. The molecule has 0 spiro atoms. The fraction of sp³-hybridized carbons (Fsp3) is 0.917. The third-order valence-corrected chi connectivity index (χ3v) is 6.15. The normalized spacial score (nSPS) is 28.3. The second-order valence-corrected chi connectivity index (χ2v) is 11.8. The summed E-state index contributed by atoms with van der Waals surface area (Å²) in [4.78, 5) is 0. The molecule has 0 aromatic rings. The van der Waals surface area contributed by atoms with Gasteiger partial charge < -0.3 is 0 Å². The SMILES string of the molecule is CC1(C)CC=CCC(C)(C)CC(C)(C)CCC(C)(C)CCCCC1. The Bertz CT molecular complexity index is 392. The van der Waals surface area contributed by atoms with E-state index in [-0.39, 0.29) is 0 Å². The summed E-state index contributed by atoms with van der Waals surface area (Å²) < 4.78 is 0. The highest BCUT2D eigenvalue weighted by molar-refractivity contribution is 4.93. The van der Waals surface area contributed by atoms with Gasteiger partial charge in [0.25, 0.3) is 0 Å². The molecule has 0 nitrogen and oxygen atoms in total. The van der Waals surface area contributed by atoms with Crippen molar-refractivity contribution in [3.8, 4) is 0 Å². The lowest BCUT2D eigenvalue weighted by molar-refractivity contribution is 0.152. The Kier molecular flexibility index (Phi) is 7.64. The summed E-state index contributed by atoms with van der Waals surface area (Å²) in [6, 6.07) is 0. The van der Waals surface area contributed by atoms with Crippen molar-refractivity contribution in [1.29, 1.82) is 0 Å². The summed E-state index contributed by atoms with van der Waals surface area (Å²) in [6.45, 7) is 19.8. The predicted molar refractivity (Wildman–Crippen MR) is 110 cm³/mol. The Hall–Kier alpha value is -0.260. The van der Waals surface area contributed by atoms with Crippen LogP contribution in [0.4, 0.5) is 0 Å². The molecule has 0 aromatic carbocycles. The Balaban J connectivity index is 2.81. The van der Waals surface area contributed by atoms with Crippen molar-refractivity contribution in [3.05, 3.63) is 12.2 Å². The molecule has 0 heteroatoms. The van der Waals surface area contributed by atoms with Gasteiger partial charge in [-0.3, -0.25) is 0 Å². The van der Waals surface area contributed by atoms with Crippen molar-refractivity contribution in [2.45, 2.75) is 120 Å². The van der Waals surface area contributed by atoms with Crippen LogP contribution >= 0.6 is 0 Å². The van der Waals surface area contributed by atoms with Crippen molar-refractivity contribution in [1.82, 2.24) is 0 Å². The number of hydrogen-bond acceptors (Lipinski definition) is 0. The van der Waals surface area contributed by atoms with Crippen LogP contribution in [0.3, 0.4) is 0 Å². The van der Waals surface area contributed by atoms with Gasteiger partial charge in [0.1, 0.15) is 0 Å². The molecule has 0 heterocycles. The van der Waals surface area contributed by atoms with E-state index in [1.165, 1.54) is 64.2 Å². The first-order valence-electron chi connectivity index (χ1n) is 10.5. The van der Waals surface area contributed by atoms with Crippen molar-refractivity contribution in [2.24, 2.45) is 21.7 Å². The van der Waals surface area contributed by atoms with Gasteiger partial charge in [0.05, 0.1) is 0 Å². The Labute approximate surface area is 153 Å². The molecular weight excluding hydrogens is 288 g/mol. The van der Waals surface area contributed by atoms with Crippen LogP contribution in [0.1, 0.15) is 120 Å². The van der Waals surface area contributed by atoms with Crippen LogP contribution in [-0.4, -0.2) is 0 Å². The van der Waals surface area contributed by atoms with Crippen molar-refractivity contribution in [3.63, 3.8) is 0 Å². The number of allylic oxidation sites excluding steroid dienone is 2. The van der Waals surface area contributed by atoms with Gasteiger partial charge in [-0.25, -0.2) is 0 Å². The molecule has 0 bridgehead atoms. The Morgan fingerprint density at radius 1 is 0.458 bits per heavy atom. The van der Waals surface area contributed by atoms with E-state index in [0.717, 1.165) is 0 Å². The van der Waals surface area contributed by atoms with Crippen LogP contribution in [0.25, 0.3) is 0 Å². The highest BCUT2D eigenvalue weighted by Crippen LogP contribution is 2.43. The maximum atomic E-state index is 2.49. The van der Waals surface area contributed by atoms with E-state index in [1.54, 1.807) is 0 Å². The molecule has 1 aliphatic rings. The van der Waals surface area contributed by atoms with Crippen LogP contribution in [0.15, 0.2) is 12.2 Å². The van der Waals surface area contributed by atoms with Crippen LogP contribution in [-0.2, 0) is 0 Å². The topological polar surface area (TPSA) is 0 Å². The summed E-state index contributed by atoms with van der Waals surface area (Å²) in [5.74, 6) is 0. The lowest BCUT2D eigenvalue weighted by atomic mass is 9.68. The van der Waals surface area contributed by atoms with E-state index in [4.69, 9.17) is 0 Å². The van der Waals surface area contributed by atoms with Crippen molar-refractivity contribution >= 4 is 0 Å². The lowest BCUT2D eigenvalue weighted by Gasteiger charge is -2.37. The van der Waals surface area contributed by atoms with Gasteiger partial charge >= 0.3 is 0 Å². The molecule has 0 N–H and O–H groups in total. The summed E-state index contributed by atoms with van der Waals surface area (Å²) in [5.41, 5.74) is 1.83. The molecule has 0 saturated carbocycles. The van der Waals surface area contributed by atoms with Gasteiger partial charge in [-0.1, -0.05) is 86.8 Å². The molecule has 0 saturated heterocycles. The quantitative estimate of drug-likeness (QED) is 0.389. The highest BCUT2D eigenvalue weighted by atomic mass is 14.4. The van der Waals surface area contributed by atoms with E-state index in [9.17, 15) is 0 Å². The lowest BCUT2D eigenvalue weighted by Crippen LogP contribution is -2.25. The maximum absolute atomic E-state index is 2.49. The molecule has 0 fully saturated rings. The standard InChI is InChI=1S/C24H46/c1-21(2)14-10-9-11-15-22(3,4)18-19-24(7,8)20-23(5,6)17-13-12-16-21/h12-13H,9-11,14-20H2,1-8H3.